The molecule has 1 aromatic carbocycles. The summed E-state index contributed by atoms with van der Waals surface area (Å²) >= 11 is 0. The van der Waals surface area contributed by atoms with Crippen LogP contribution in [0.1, 0.15) is 28.2 Å². The van der Waals surface area contributed by atoms with Crippen LogP contribution in [0.2, 0.25) is 0 Å². The lowest BCUT2D eigenvalue weighted by molar-refractivity contribution is 0.781. The Morgan fingerprint density at radius 2 is 1.79 bits per heavy atom. The fourth-order valence-corrected chi connectivity index (χ4v) is 2.63. The van der Waals surface area contributed by atoms with E-state index >= 15 is 0 Å². The van der Waals surface area contributed by atoms with Crippen molar-refractivity contribution in [2.24, 2.45) is 12.8 Å². The predicted molar refractivity (Wildman–Crippen MR) is 80.4 cm³/mol. The number of aromatic nitrogens is 2. The molecule has 1 aromatic heterocycles. The van der Waals surface area contributed by atoms with Gasteiger partial charge in [-0.25, -0.2) is 4.98 Å². The van der Waals surface area contributed by atoms with Gasteiger partial charge >= 0.3 is 0 Å². The van der Waals surface area contributed by atoms with E-state index in [1.807, 2.05) is 0 Å². The first-order valence-electron chi connectivity index (χ1n) is 6.76. The summed E-state index contributed by atoms with van der Waals surface area (Å²) in [4.78, 5) is 4.65. The smallest absolute Gasteiger partial charge is 0.110 e. The first kappa shape index (κ1) is 13.8. The second-order valence-corrected chi connectivity index (χ2v) is 5.24. The minimum atomic E-state index is 0.635. The molecule has 102 valence electrons. The molecule has 0 aliphatic carbocycles. The molecule has 0 amide bonds. The maximum absolute atomic E-state index is 5.65. The SMILES string of the molecule is Cc1ccc(-c2c(C)nc(CCN)n2C)c(C)c1C. The van der Waals surface area contributed by atoms with Crippen LogP contribution in [0.4, 0.5) is 0 Å². The first-order valence-corrected chi connectivity index (χ1v) is 6.76. The van der Waals surface area contributed by atoms with Crippen molar-refractivity contribution < 1.29 is 0 Å². The molecule has 3 nitrogen and oxygen atoms in total. The van der Waals surface area contributed by atoms with Crippen molar-refractivity contribution in [3.8, 4) is 11.3 Å². The molecule has 0 aliphatic heterocycles. The highest BCUT2D eigenvalue weighted by Gasteiger charge is 2.15. The molecule has 0 spiro atoms. The van der Waals surface area contributed by atoms with Crippen molar-refractivity contribution in [2.75, 3.05) is 6.54 Å². The molecule has 0 unspecified atom stereocenters. The Kier molecular flexibility index (Phi) is 3.76. The van der Waals surface area contributed by atoms with Gasteiger partial charge in [-0.15, -0.1) is 0 Å². The van der Waals surface area contributed by atoms with Gasteiger partial charge < -0.3 is 10.3 Å². The monoisotopic (exact) mass is 257 g/mol. The van der Waals surface area contributed by atoms with Crippen LogP contribution < -0.4 is 5.73 Å². The van der Waals surface area contributed by atoms with Gasteiger partial charge in [0.1, 0.15) is 5.82 Å². The number of hydrogen-bond acceptors (Lipinski definition) is 2. The van der Waals surface area contributed by atoms with Crippen molar-refractivity contribution >= 4 is 0 Å². The molecule has 1 heterocycles. The Labute approximate surface area is 115 Å². The number of nitrogens with two attached hydrogens (primary N) is 1. The van der Waals surface area contributed by atoms with E-state index in [1.165, 1.54) is 27.9 Å². The lowest BCUT2D eigenvalue weighted by Gasteiger charge is -2.13. The van der Waals surface area contributed by atoms with Crippen LogP contribution >= 0.6 is 0 Å². The van der Waals surface area contributed by atoms with E-state index in [-0.39, 0.29) is 0 Å². The van der Waals surface area contributed by atoms with Crippen molar-refractivity contribution in [1.29, 1.82) is 0 Å². The highest BCUT2D eigenvalue weighted by atomic mass is 15.1. The van der Waals surface area contributed by atoms with Gasteiger partial charge in [0.25, 0.3) is 0 Å². The first-order chi connectivity index (χ1) is 8.97. The highest BCUT2D eigenvalue weighted by molar-refractivity contribution is 5.68. The Morgan fingerprint density at radius 1 is 1.11 bits per heavy atom. The van der Waals surface area contributed by atoms with Crippen LogP contribution in [-0.2, 0) is 13.5 Å². The average molecular weight is 257 g/mol. The summed E-state index contributed by atoms with van der Waals surface area (Å²) in [6.45, 7) is 9.23. The summed E-state index contributed by atoms with van der Waals surface area (Å²) in [5, 5.41) is 0. The third-order valence-electron chi connectivity index (χ3n) is 4.04. The zero-order chi connectivity index (χ0) is 14.2. The Bertz CT molecular complexity index is 609. The lowest BCUT2D eigenvalue weighted by atomic mass is 9.96. The predicted octanol–water partition coefficient (Wildman–Crippen LogP) is 2.82. The number of benzene rings is 1. The molecule has 0 aliphatic rings. The fraction of sp³-hybridized carbons (Fsp3) is 0.438. The molecule has 2 rings (SSSR count). The maximum atomic E-state index is 5.65. The van der Waals surface area contributed by atoms with Gasteiger partial charge in [0.2, 0.25) is 0 Å². The van der Waals surface area contributed by atoms with Gasteiger partial charge in [-0.3, -0.25) is 0 Å². The van der Waals surface area contributed by atoms with E-state index in [0.29, 0.717) is 6.54 Å². The summed E-state index contributed by atoms with van der Waals surface area (Å²) in [5.74, 6) is 1.06. The standard InChI is InChI=1S/C16H23N3/c1-10-6-7-14(12(3)11(10)2)16-13(4)18-15(8-9-17)19(16)5/h6-7H,8-9,17H2,1-5H3. The van der Waals surface area contributed by atoms with E-state index in [4.69, 9.17) is 5.73 Å². The van der Waals surface area contributed by atoms with Crippen molar-refractivity contribution in [3.63, 3.8) is 0 Å². The number of imidazole rings is 1. The van der Waals surface area contributed by atoms with E-state index in [0.717, 1.165) is 17.9 Å². The third-order valence-corrected chi connectivity index (χ3v) is 4.04. The Morgan fingerprint density at radius 3 is 2.42 bits per heavy atom. The van der Waals surface area contributed by atoms with Gasteiger partial charge in [-0.2, -0.15) is 0 Å². The number of nitrogens with zero attached hydrogens (tertiary/aromatic N) is 2. The third kappa shape index (κ3) is 2.30. The summed E-state index contributed by atoms with van der Waals surface area (Å²) in [5.41, 5.74) is 13.3. The molecule has 0 bridgehead atoms. The molecule has 0 saturated heterocycles. The average Bonchev–Trinajstić information content (AvgIpc) is 2.64. The number of hydrogen-bond donors (Lipinski definition) is 1. The number of aryl methyl sites for hydroxylation is 2. The Balaban J connectivity index is 2.63. The van der Waals surface area contributed by atoms with Gasteiger partial charge in [0.05, 0.1) is 11.4 Å². The van der Waals surface area contributed by atoms with E-state index in [2.05, 4.69) is 56.4 Å². The summed E-state index contributed by atoms with van der Waals surface area (Å²) in [6.07, 6.45) is 0.821. The molecule has 0 fully saturated rings. The molecule has 0 radical (unpaired) electrons. The fourth-order valence-electron chi connectivity index (χ4n) is 2.63. The van der Waals surface area contributed by atoms with Gasteiger partial charge in [-0.1, -0.05) is 12.1 Å². The summed E-state index contributed by atoms with van der Waals surface area (Å²) in [6, 6.07) is 4.39. The normalized spacial score (nSPS) is 11.1. The summed E-state index contributed by atoms with van der Waals surface area (Å²) < 4.78 is 2.18. The maximum Gasteiger partial charge on any atom is 0.110 e. The minimum Gasteiger partial charge on any atom is -0.331 e. The van der Waals surface area contributed by atoms with Gasteiger partial charge in [0.15, 0.2) is 0 Å². The largest absolute Gasteiger partial charge is 0.331 e. The highest BCUT2D eigenvalue weighted by Crippen LogP contribution is 2.30. The molecular formula is C16H23N3. The molecule has 0 saturated carbocycles. The Hall–Kier alpha value is -1.61. The van der Waals surface area contributed by atoms with E-state index in [1.54, 1.807) is 0 Å². The van der Waals surface area contributed by atoms with Crippen LogP contribution in [0.15, 0.2) is 12.1 Å². The van der Waals surface area contributed by atoms with E-state index < -0.39 is 0 Å². The molecule has 2 aromatic rings. The lowest BCUT2D eigenvalue weighted by Crippen LogP contribution is -2.08. The van der Waals surface area contributed by atoms with Gasteiger partial charge in [0, 0.05) is 19.0 Å². The van der Waals surface area contributed by atoms with E-state index in [9.17, 15) is 0 Å². The quantitative estimate of drug-likeness (QED) is 0.919. The van der Waals surface area contributed by atoms with Crippen molar-refractivity contribution in [2.45, 2.75) is 34.1 Å². The van der Waals surface area contributed by atoms with Crippen molar-refractivity contribution in [3.05, 3.63) is 40.3 Å². The minimum absolute atomic E-state index is 0.635. The molecule has 3 heteroatoms. The second kappa shape index (κ2) is 5.17. The topological polar surface area (TPSA) is 43.8 Å². The number of rotatable bonds is 3. The van der Waals surface area contributed by atoms with Crippen molar-refractivity contribution in [1.82, 2.24) is 9.55 Å². The van der Waals surface area contributed by atoms with Crippen LogP contribution in [-0.4, -0.2) is 16.1 Å². The van der Waals surface area contributed by atoms with Crippen LogP contribution in [0.3, 0.4) is 0 Å². The zero-order valence-electron chi connectivity index (χ0n) is 12.5. The molecular weight excluding hydrogens is 234 g/mol. The molecule has 19 heavy (non-hydrogen) atoms. The summed E-state index contributed by atoms with van der Waals surface area (Å²) in [7, 11) is 2.08. The molecule has 0 atom stereocenters. The van der Waals surface area contributed by atoms with Crippen LogP contribution in [0.25, 0.3) is 11.3 Å². The second-order valence-electron chi connectivity index (χ2n) is 5.24. The molecule has 2 N–H and O–H groups in total. The zero-order valence-corrected chi connectivity index (χ0v) is 12.5. The van der Waals surface area contributed by atoms with Crippen LogP contribution in [0.5, 0.6) is 0 Å². The van der Waals surface area contributed by atoms with Crippen LogP contribution in [0, 0.1) is 27.7 Å². The van der Waals surface area contributed by atoms with Gasteiger partial charge in [-0.05, 0) is 50.9 Å².